The standard InChI is InChI=1S/C21H17ClN4O5S/c1-29-16-8-13(9-17(11-16)30-2)20-23-25(19-6-5-14(26(27)28)10-18(19)22)21(32)24(20)12-15-4-3-7-31-15/h3-11H,12H2,1-2H3. The molecule has 0 aliphatic rings. The van der Waals surface area contributed by atoms with Gasteiger partial charge in [0.05, 0.1) is 42.7 Å². The molecule has 0 aliphatic heterocycles. The quantitative estimate of drug-likeness (QED) is 0.205. The molecule has 11 heteroatoms. The molecule has 4 aromatic rings. The van der Waals surface area contributed by atoms with Gasteiger partial charge in [-0.2, -0.15) is 0 Å². The lowest BCUT2D eigenvalue weighted by Crippen LogP contribution is -2.03. The van der Waals surface area contributed by atoms with E-state index in [9.17, 15) is 10.1 Å². The number of aromatic nitrogens is 3. The molecule has 0 radical (unpaired) electrons. The summed E-state index contributed by atoms with van der Waals surface area (Å²) in [6.07, 6.45) is 1.57. The van der Waals surface area contributed by atoms with Crippen LogP contribution in [0.4, 0.5) is 5.69 Å². The minimum absolute atomic E-state index is 0.127. The van der Waals surface area contributed by atoms with Crippen molar-refractivity contribution in [3.8, 4) is 28.6 Å². The fourth-order valence-electron chi connectivity index (χ4n) is 3.19. The molecule has 164 valence electrons. The summed E-state index contributed by atoms with van der Waals surface area (Å²) in [5.41, 5.74) is 0.977. The number of methoxy groups -OCH3 is 2. The second kappa shape index (κ2) is 8.85. The Labute approximate surface area is 192 Å². The summed E-state index contributed by atoms with van der Waals surface area (Å²) >= 11 is 12.0. The van der Waals surface area contributed by atoms with Gasteiger partial charge >= 0.3 is 0 Å². The summed E-state index contributed by atoms with van der Waals surface area (Å²) in [7, 11) is 3.12. The Morgan fingerprint density at radius 3 is 2.44 bits per heavy atom. The van der Waals surface area contributed by atoms with Gasteiger partial charge in [0, 0.05) is 23.8 Å². The number of nitro groups is 1. The zero-order valence-electron chi connectivity index (χ0n) is 17.0. The maximum absolute atomic E-state index is 11.1. The second-order valence-electron chi connectivity index (χ2n) is 6.68. The average molecular weight is 473 g/mol. The van der Waals surface area contributed by atoms with Crippen molar-refractivity contribution in [1.29, 1.82) is 0 Å². The summed E-state index contributed by atoms with van der Waals surface area (Å²) in [5.74, 6) is 2.35. The van der Waals surface area contributed by atoms with Crippen LogP contribution in [-0.2, 0) is 6.54 Å². The van der Waals surface area contributed by atoms with Crippen molar-refractivity contribution in [3.05, 3.63) is 80.5 Å². The average Bonchev–Trinajstić information content (AvgIpc) is 3.42. The summed E-state index contributed by atoms with van der Waals surface area (Å²) in [4.78, 5) is 10.6. The topological polar surface area (TPSA) is 97.5 Å². The highest BCUT2D eigenvalue weighted by atomic mass is 35.5. The highest BCUT2D eigenvalue weighted by molar-refractivity contribution is 7.71. The number of furan rings is 1. The number of hydrogen-bond donors (Lipinski definition) is 0. The van der Waals surface area contributed by atoms with Gasteiger partial charge in [0.2, 0.25) is 4.77 Å². The van der Waals surface area contributed by atoms with Crippen LogP contribution in [0, 0.1) is 14.9 Å². The number of non-ortho nitro benzene ring substituents is 1. The third-order valence-corrected chi connectivity index (χ3v) is 5.43. The van der Waals surface area contributed by atoms with Gasteiger partial charge in [0.15, 0.2) is 5.82 Å². The van der Waals surface area contributed by atoms with E-state index in [0.29, 0.717) is 45.7 Å². The van der Waals surface area contributed by atoms with E-state index in [-0.39, 0.29) is 10.7 Å². The number of nitrogens with zero attached hydrogens (tertiary/aromatic N) is 4. The van der Waals surface area contributed by atoms with E-state index in [2.05, 4.69) is 5.10 Å². The third kappa shape index (κ3) is 4.10. The number of hydrogen-bond acceptors (Lipinski definition) is 7. The van der Waals surface area contributed by atoms with Crippen molar-refractivity contribution in [2.75, 3.05) is 14.2 Å². The van der Waals surface area contributed by atoms with Gasteiger partial charge in [-0.25, -0.2) is 4.68 Å². The molecule has 2 heterocycles. The van der Waals surface area contributed by atoms with Crippen LogP contribution in [0.1, 0.15) is 5.76 Å². The van der Waals surface area contributed by atoms with Crippen LogP contribution in [0.25, 0.3) is 17.1 Å². The molecule has 4 rings (SSSR count). The van der Waals surface area contributed by atoms with Gasteiger partial charge in [-0.3, -0.25) is 14.7 Å². The predicted molar refractivity (Wildman–Crippen MR) is 120 cm³/mol. The summed E-state index contributed by atoms with van der Waals surface area (Å²) in [5, 5.41) is 15.9. The second-order valence-corrected chi connectivity index (χ2v) is 7.45. The molecule has 0 atom stereocenters. The Morgan fingerprint density at radius 1 is 1.16 bits per heavy atom. The van der Waals surface area contributed by atoms with Gasteiger partial charge < -0.3 is 13.9 Å². The minimum atomic E-state index is -0.515. The van der Waals surface area contributed by atoms with Crippen LogP contribution < -0.4 is 9.47 Å². The zero-order valence-corrected chi connectivity index (χ0v) is 18.6. The molecule has 2 aromatic carbocycles. The summed E-state index contributed by atoms with van der Waals surface area (Å²) in [6.45, 7) is 0.311. The molecular formula is C21H17ClN4O5S. The van der Waals surface area contributed by atoms with E-state index < -0.39 is 4.92 Å². The number of benzene rings is 2. The van der Waals surface area contributed by atoms with Crippen molar-refractivity contribution in [2.24, 2.45) is 0 Å². The lowest BCUT2D eigenvalue weighted by Gasteiger charge is -2.09. The first-order valence-electron chi connectivity index (χ1n) is 9.31. The van der Waals surface area contributed by atoms with Crippen molar-refractivity contribution in [1.82, 2.24) is 14.3 Å². The number of nitro benzene ring substituents is 1. The van der Waals surface area contributed by atoms with Crippen molar-refractivity contribution >= 4 is 29.5 Å². The van der Waals surface area contributed by atoms with E-state index in [1.807, 2.05) is 6.07 Å². The monoisotopic (exact) mass is 472 g/mol. The van der Waals surface area contributed by atoms with Crippen LogP contribution in [-0.4, -0.2) is 33.5 Å². The van der Waals surface area contributed by atoms with E-state index in [0.717, 1.165) is 0 Å². The Morgan fingerprint density at radius 2 is 1.88 bits per heavy atom. The van der Waals surface area contributed by atoms with E-state index in [1.165, 1.54) is 22.9 Å². The van der Waals surface area contributed by atoms with E-state index in [4.69, 9.17) is 37.7 Å². The molecule has 0 saturated carbocycles. The third-order valence-electron chi connectivity index (χ3n) is 4.74. The highest BCUT2D eigenvalue weighted by Crippen LogP contribution is 2.32. The van der Waals surface area contributed by atoms with Crippen LogP contribution in [0.2, 0.25) is 5.02 Å². The fourth-order valence-corrected chi connectivity index (χ4v) is 3.73. The number of rotatable bonds is 7. The molecule has 0 saturated heterocycles. The predicted octanol–water partition coefficient (Wildman–Crippen LogP) is 5.29. The minimum Gasteiger partial charge on any atom is -0.497 e. The van der Waals surface area contributed by atoms with E-state index >= 15 is 0 Å². The molecule has 0 unspecified atom stereocenters. The normalized spacial score (nSPS) is 10.8. The summed E-state index contributed by atoms with van der Waals surface area (Å²) < 4.78 is 19.8. The molecule has 0 amide bonds. The van der Waals surface area contributed by atoms with Crippen molar-refractivity contribution in [2.45, 2.75) is 6.54 Å². The molecule has 2 aromatic heterocycles. The van der Waals surface area contributed by atoms with Crippen LogP contribution in [0.3, 0.4) is 0 Å². The van der Waals surface area contributed by atoms with Gasteiger partial charge in [-0.1, -0.05) is 11.6 Å². The number of halogens is 1. The largest absolute Gasteiger partial charge is 0.497 e. The highest BCUT2D eigenvalue weighted by Gasteiger charge is 2.19. The van der Waals surface area contributed by atoms with Gasteiger partial charge in [-0.15, -0.1) is 5.10 Å². The number of ether oxygens (including phenoxy) is 2. The molecule has 0 fully saturated rings. The molecule has 9 nitrogen and oxygen atoms in total. The molecular weight excluding hydrogens is 456 g/mol. The maximum Gasteiger partial charge on any atom is 0.271 e. The van der Waals surface area contributed by atoms with Crippen molar-refractivity contribution in [3.63, 3.8) is 0 Å². The molecule has 32 heavy (non-hydrogen) atoms. The zero-order chi connectivity index (χ0) is 22.8. The van der Waals surface area contributed by atoms with Gasteiger partial charge in [0.1, 0.15) is 17.3 Å². The van der Waals surface area contributed by atoms with Crippen LogP contribution >= 0.6 is 23.8 Å². The van der Waals surface area contributed by atoms with E-state index in [1.54, 1.807) is 49.3 Å². The van der Waals surface area contributed by atoms with Gasteiger partial charge in [0.25, 0.3) is 5.69 Å². The van der Waals surface area contributed by atoms with Crippen LogP contribution in [0.5, 0.6) is 11.5 Å². The van der Waals surface area contributed by atoms with Crippen molar-refractivity contribution < 1.29 is 18.8 Å². The fraction of sp³-hybridized carbons (Fsp3) is 0.143. The smallest absolute Gasteiger partial charge is 0.271 e. The lowest BCUT2D eigenvalue weighted by atomic mass is 10.2. The molecule has 0 spiro atoms. The lowest BCUT2D eigenvalue weighted by molar-refractivity contribution is -0.384. The summed E-state index contributed by atoms with van der Waals surface area (Å²) in [6, 6.07) is 13.1. The first-order valence-corrected chi connectivity index (χ1v) is 10.1. The Balaban J connectivity index is 1.92. The molecule has 0 N–H and O–H groups in total. The Hall–Kier alpha value is -3.63. The Kier molecular flexibility index (Phi) is 5.97. The molecule has 0 aliphatic carbocycles. The first kappa shape index (κ1) is 21.6. The first-order chi connectivity index (χ1) is 15.4. The van der Waals surface area contributed by atoms with Gasteiger partial charge in [-0.05, 0) is 42.5 Å². The SMILES string of the molecule is COc1cc(OC)cc(-c2nn(-c3ccc([N+](=O)[O-])cc3Cl)c(=S)n2Cc2ccco2)c1. The Bertz CT molecular complexity index is 1320. The maximum atomic E-state index is 11.1. The molecule has 0 bridgehead atoms. The van der Waals surface area contributed by atoms with Crippen LogP contribution in [0.15, 0.2) is 59.2 Å².